The second kappa shape index (κ2) is 9.13. The van der Waals surface area contributed by atoms with Crippen LogP contribution in [0.15, 0.2) is 28.8 Å². The zero-order chi connectivity index (χ0) is 22.0. The SMILES string of the molecule is NC(=O)[C@H]1CN(C2CCCCC2)CC[C@@H]1NC(=O)c1cc(-c2ccc(F)cc2F)on1. The lowest BCUT2D eigenvalue weighted by Gasteiger charge is -2.42. The lowest BCUT2D eigenvalue weighted by Crippen LogP contribution is -2.57. The number of primary amides is 1. The van der Waals surface area contributed by atoms with Crippen LogP contribution in [0.3, 0.4) is 0 Å². The molecule has 0 bridgehead atoms. The Balaban J connectivity index is 1.43. The molecule has 2 aliphatic rings. The molecule has 2 amide bonds. The number of hydrogen-bond donors (Lipinski definition) is 2. The van der Waals surface area contributed by atoms with E-state index < -0.39 is 35.4 Å². The number of carbonyl (C=O) groups is 2. The highest BCUT2D eigenvalue weighted by Crippen LogP contribution is 2.28. The second-order valence-electron chi connectivity index (χ2n) is 8.36. The highest BCUT2D eigenvalue weighted by atomic mass is 19.1. The number of aromatic nitrogens is 1. The molecule has 0 unspecified atom stereocenters. The maximum Gasteiger partial charge on any atom is 0.273 e. The quantitative estimate of drug-likeness (QED) is 0.757. The molecule has 166 valence electrons. The molecule has 1 saturated heterocycles. The first kappa shape index (κ1) is 21.4. The fourth-order valence-corrected chi connectivity index (χ4v) is 4.66. The number of amides is 2. The normalized spacial score (nSPS) is 22.9. The first-order valence-electron chi connectivity index (χ1n) is 10.7. The molecule has 1 aliphatic carbocycles. The number of halogens is 2. The van der Waals surface area contributed by atoms with E-state index in [-0.39, 0.29) is 17.0 Å². The molecule has 7 nitrogen and oxygen atoms in total. The summed E-state index contributed by atoms with van der Waals surface area (Å²) in [5.74, 6) is -2.98. The first-order valence-corrected chi connectivity index (χ1v) is 10.7. The topological polar surface area (TPSA) is 101 Å². The van der Waals surface area contributed by atoms with Crippen molar-refractivity contribution in [2.24, 2.45) is 11.7 Å². The van der Waals surface area contributed by atoms with E-state index in [1.165, 1.54) is 31.4 Å². The van der Waals surface area contributed by atoms with Gasteiger partial charge in [-0.3, -0.25) is 14.5 Å². The molecule has 1 aromatic heterocycles. The van der Waals surface area contributed by atoms with Gasteiger partial charge in [0.05, 0.1) is 11.5 Å². The predicted molar refractivity (Wildman–Crippen MR) is 109 cm³/mol. The summed E-state index contributed by atoms with van der Waals surface area (Å²) in [7, 11) is 0. The number of rotatable bonds is 5. The van der Waals surface area contributed by atoms with Crippen LogP contribution < -0.4 is 11.1 Å². The van der Waals surface area contributed by atoms with Gasteiger partial charge >= 0.3 is 0 Å². The summed E-state index contributed by atoms with van der Waals surface area (Å²) in [5.41, 5.74) is 5.61. The molecule has 2 fully saturated rings. The van der Waals surface area contributed by atoms with Crippen LogP contribution in [-0.4, -0.2) is 47.0 Å². The van der Waals surface area contributed by atoms with Gasteiger partial charge in [0.2, 0.25) is 5.91 Å². The Hall–Kier alpha value is -2.81. The Labute approximate surface area is 178 Å². The lowest BCUT2D eigenvalue weighted by molar-refractivity contribution is -0.124. The van der Waals surface area contributed by atoms with Crippen molar-refractivity contribution in [3.05, 3.63) is 41.6 Å². The molecule has 2 aromatic rings. The predicted octanol–water partition coefficient (Wildman–Crippen LogP) is 2.86. The summed E-state index contributed by atoms with van der Waals surface area (Å²) in [6.45, 7) is 1.31. The van der Waals surface area contributed by atoms with Crippen molar-refractivity contribution in [3.63, 3.8) is 0 Å². The maximum absolute atomic E-state index is 14.0. The number of hydrogen-bond acceptors (Lipinski definition) is 5. The van der Waals surface area contributed by atoms with E-state index >= 15 is 0 Å². The van der Waals surface area contributed by atoms with E-state index in [0.29, 0.717) is 19.0 Å². The van der Waals surface area contributed by atoms with Gasteiger partial charge in [0, 0.05) is 37.3 Å². The molecule has 1 aliphatic heterocycles. The number of benzene rings is 1. The lowest BCUT2D eigenvalue weighted by atomic mass is 9.87. The Morgan fingerprint density at radius 2 is 1.90 bits per heavy atom. The van der Waals surface area contributed by atoms with Crippen molar-refractivity contribution in [1.29, 1.82) is 0 Å². The van der Waals surface area contributed by atoms with Crippen molar-refractivity contribution in [2.45, 2.75) is 50.6 Å². The summed E-state index contributed by atoms with van der Waals surface area (Å²) in [5, 5.41) is 6.54. The maximum atomic E-state index is 14.0. The number of nitrogens with two attached hydrogens (primary N) is 1. The summed E-state index contributed by atoms with van der Waals surface area (Å²) in [6, 6.07) is 4.40. The molecule has 0 radical (unpaired) electrons. The summed E-state index contributed by atoms with van der Waals surface area (Å²) in [6.07, 6.45) is 6.52. The van der Waals surface area contributed by atoms with Crippen molar-refractivity contribution in [1.82, 2.24) is 15.4 Å². The molecule has 9 heteroatoms. The highest BCUT2D eigenvalue weighted by Gasteiger charge is 2.37. The number of nitrogens with zero attached hydrogens (tertiary/aromatic N) is 2. The van der Waals surface area contributed by atoms with Crippen LogP contribution >= 0.6 is 0 Å². The Bertz CT molecular complexity index is 958. The molecule has 3 N–H and O–H groups in total. The van der Waals surface area contributed by atoms with Crippen molar-refractivity contribution >= 4 is 11.8 Å². The Morgan fingerprint density at radius 3 is 2.61 bits per heavy atom. The Morgan fingerprint density at radius 1 is 1.13 bits per heavy atom. The molecule has 2 heterocycles. The fourth-order valence-electron chi connectivity index (χ4n) is 4.66. The smallest absolute Gasteiger partial charge is 0.273 e. The van der Waals surface area contributed by atoms with E-state index in [2.05, 4.69) is 15.4 Å². The van der Waals surface area contributed by atoms with E-state index in [9.17, 15) is 18.4 Å². The largest absolute Gasteiger partial charge is 0.369 e. The van der Waals surface area contributed by atoms with E-state index in [0.717, 1.165) is 31.5 Å². The first-order chi connectivity index (χ1) is 14.9. The van der Waals surface area contributed by atoms with Crippen LogP contribution in [0.25, 0.3) is 11.3 Å². The molecule has 4 rings (SSSR count). The zero-order valence-electron chi connectivity index (χ0n) is 17.2. The van der Waals surface area contributed by atoms with Gasteiger partial charge in [0.25, 0.3) is 5.91 Å². The van der Waals surface area contributed by atoms with Gasteiger partial charge in [0.1, 0.15) is 11.6 Å². The molecule has 31 heavy (non-hydrogen) atoms. The zero-order valence-corrected chi connectivity index (χ0v) is 17.2. The summed E-state index contributed by atoms with van der Waals surface area (Å²) in [4.78, 5) is 27.1. The summed E-state index contributed by atoms with van der Waals surface area (Å²) >= 11 is 0. The van der Waals surface area contributed by atoms with Gasteiger partial charge < -0.3 is 15.6 Å². The summed E-state index contributed by atoms with van der Waals surface area (Å²) < 4.78 is 32.2. The number of likely N-dealkylation sites (tertiary alicyclic amines) is 1. The molecule has 1 aromatic carbocycles. The third-order valence-corrected chi connectivity index (χ3v) is 6.36. The van der Waals surface area contributed by atoms with Gasteiger partial charge in [-0.15, -0.1) is 0 Å². The minimum absolute atomic E-state index is 0.00347. The average molecular weight is 432 g/mol. The minimum Gasteiger partial charge on any atom is -0.369 e. The Kier molecular flexibility index (Phi) is 6.31. The van der Waals surface area contributed by atoms with Gasteiger partial charge in [-0.05, 0) is 31.4 Å². The fraction of sp³-hybridized carbons (Fsp3) is 0.500. The number of piperidine rings is 1. The van der Waals surface area contributed by atoms with Crippen LogP contribution in [0.1, 0.15) is 49.0 Å². The van der Waals surface area contributed by atoms with Crippen LogP contribution in [0.5, 0.6) is 0 Å². The van der Waals surface area contributed by atoms with Crippen molar-refractivity contribution in [2.75, 3.05) is 13.1 Å². The van der Waals surface area contributed by atoms with Crippen LogP contribution in [0, 0.1) is 17.6 Å². The third kappa shape index (κ3) is 4.76. The molecular weight excluding hydrogens is 406 g/mol. The molecule has 0 spiro atoms. The van der Waals surface area contributed by atoms with Gasteiger partial charge in [-0.1, -0.05) is 24.4 Å². The molecule has 1 saturated carbocycles. The average Bonchev–Trinajstić information content (AvgIpc) is 3.24. The van der Waals surface area contributed by atoms with E-state index in [1.807, 2.05) is 0 Å². The van der Waals surface area contributed by atoms with E-state index in [4.69, 9.17) is 10.3 Å². The highest BCUT2D eigenvalue weighted by molar-refractivity contribution is 5.93. The van der Waals surface area contributed by atoms with Gasteiger partial charge in [-0.25, -0.2) is 8.78 Å². The molecular formula is C22H26F2N4O3. The standard InChI is InChI=1S/C22H26F2N4O3/c23-13-6-7-15(17(24)10-13)20-11-19(27-31-20)22(30)26-18-8-9-28(12-16(18)21(25)29)14-4-2-1-3-5-14/h6-7,10-11,14,16,18H,1-5,8-9,12H2,(H2,25,29)(H,26,30)/t16-,18-/m0/s1. The van der Waals surface area contributed by atoms with Crippen LogP contribution in [0.4, 0.5) is 8.78 Å². The van der Waals surface area contributed by atoms with Crippen molar-refractivity contribution in [3.8, 4) is 11.3 Å². The third-order valence-electron chi connectivity index (χ3n) is 6.36. The number of nitrogens with one attached hydrogen (secondary N) is 1. The van der Waals surface area contributed by atoms with Crippen molar-refractivity contribution < 1.29 is 22.9 Å². The molecule has 2 atom stereocenters. The van der Waals surface area contributed by atoms with Gasteiger partial charge in [0.15, 0.2) is 11.5 Å². The van der Waals surface area contributed by atoms with Crippen LogP contribution in [0.2, 0.25) is 0 Å². The minimum atomic E-state index is -0.813. The second-order valence-corrected chi connectivity index (χ2v) is 8.36. The van der Waals surface area contributed by atoms with Gasteiger partial charge in [-0.2, -0.15) is 0 Å². The van der Waals surface area contributed by atoms with E-state index in [1.54, 1.807) is 0 Å². The number of carbonyl (C=O) groups excluding carboxylic acids is 2. The van der Waals surface area contributed by atoms with Crippen LogP contribution in [-0.2, 0) is 4.79 Å². The monoisotopic (exact) mass is 432 g/mol.